The number of hydrogen-bond donors (Lipinski definition) is 1. The zero-order chi connectivity index (χ0) is 13.4. The molecule has 0 fully saturated rings. The van der Waals surface area contributed by atoms with Crippen molar-refractivity contribution in [2.45, 2.75) is 19.9 Å². The number of ether oxygens (including phenoxy) is 2. The Hall–Kier alpha value is -1.00. The second-order valence-corrected chi connectivity index (χ2v) is 4.72. The highest BCUT2D eigenvalue weighted by Gasteiger charge is 2.09. The first kappa shape index (κ1) is 15.1. The van der Waals surface area contributed by atoms with Gasteiger partial charge in [-0.1, -0.05) is 28.9 Å². The molecule has 0 aliphatic heterocycles. The summed E-state index contributed by atoms with van der Waals surface area (Å²) in [5, 5.41) is 3.26. The van der Waals surface area contributed by atoms with Crippen molar-refractivity contribution in [3.05, 3.63) is 34.8 Å². The molecule has 0 aromatic heterocycles. The van der Waals surface area contributed by atoms with Crippen LogP contribution in [0.5, 0.6) is 11.5 Å². The van der Waals surface area contributed by atoms with Crippen LogP contribution in [-0.2, 0) is 6.54 Å². The van der Waals surface area contributed by atoms with Crippen molar-refractivity contribution in [2.75, 3.05) is 20.3 Å². The predicted molar refractivity (Wildman–Crippen MR) is 78.4 cm³/mol. The van der Waals surface area contributed by atoms with Gasteiger partial charge in [0, 0.05) is 17.6 Å². The van der Waals surface area contributed by atoms with Crippen LogP contribution in [-0.4, -0.2) is 20.3 Å². The van der Waals surface area contributed by atoms with Gasteiger partial charge in [0.2, 0.25) is 0 Å². The Morgan fingerprint density at radius 2 is 2.17 bits per heavy atom. The summed E-state index contributed by atoms with van der Waals surface area (Å²) in [4.78, 5) is 0. The lowest BCUT2D eigenvalue weighted by Crippen LogP contribution is -2.13. The molecule has 100 valence electrons. The maximum absolute atomic E-state index is 5.65. The van der Waals surface area contributed by atoms with Gasteiger partial charge < -0.3 is 14.8 Å². The Balaban J connectivity index is 2.84. The van der Waals surface area contributed by atoms with E-state index in [1.165, 1.54) is 0 Å². The van der Waals surface area contributed by atoms with Crippen molar-refractivity contribution < 1.29 is 9.47 Å². The third-order valence-electron chi connectivity index (χ3n) is 2.40. The summed E-state index contributed by atoms with van der Waals surface area (Å²) in [5.41, 5.74) is 1.14. The van der Waals surface area contributed by atoms with E-state index in [-0.39, 0.29) is 0 Å². The topological polar surface area (TPSA) is 30.5 Å². The average molecular weight is 314 g/mol. The van der Waals surface area contributed by atoms with Crippen LogP contribution in [0.15, 0.2) is 29.3 Å². The molecule has 1 N–H and O–H groups in total. The third kappa shape index (κ3) is 4.35. The molecule has 0 bridgehead atoms. The van der Waals surface area contributed by atoms with E-state index in [2.05, 4.69) is 34.7 Å². The van der Waals surface area contributed by atoms with Crippen LogP contribution in [0.2, 0.25) is 0 Å². The van der Waals surface area contributed by atoms with Crippen LogP contribution in [0.3, 0.4) is 0 Å². The lowest BCUT2D eigenvalue weighted by Gasteiger charge is -2.13. The molecule has 1 rings (SSSR count). The summed E-state index contributed by atoms with van der Waals surface area (Å²) < 4.78 is 12.0. The fraction of sp³-hybridized carbons (Fsp3) is 0.429. The predicted octanol–water partition coefficient (Wildman–Crippen LogP) is 3.52. The lowest BCUT2D eigenvalue weighted by molar-refractivity contribution is 0.294. The summed E-state index contributed by atoms with van der Waals surface area (Å²) in [6, 6.07) is 3.95. The van der Waals surface area contributed by atoms with E-state index in [4.69, 9.17) is 9.47 Å². The van der Waals surface area contributed by atoms with Crippen LogP contribution in [0.4, 0.5) is 0 Å². The summed E-state index contributed by atoms with van der Waals surface area (Å²) in [7, 11) is 1.66. The van der Waals surface area contributed by atoms with Crippen LogP contribution in [0, 0.1) is 0 Å². The molecule has 0 unspecified atom stereocenters. The van der Waals surface area contributed by atoms with Crippen LogP contribution >= 0.6 is 15.9 Å². The van der Waals surface area contributed by atoms with Crippen LogP contribution < -0.4 is 14.8 Å². The number of methoxy groups -OCH3 is 1. The molecule has 0 heterocycles. The minimum absolute atomic E-state index is 0.691. The Kier molecular flexibility index (Phi) is 6.83. The van der Waals surface area contributed by atoms with Crippen molar-refractivity contribution in [3.8, 4) is 11.5 Å². The summed E-state index contributed by atoms with van der Waals surface area (Å²) in [6.45, 7) is 7.99. The van der Waals surface area contributed by atoms with Crippen molar-refractivity contribution in [2.24, 2.45) is 0 Å². The van der Waals surface area contributed by atoms with E-state index < -0.39 is 0 Å². The Morgan fingerprint density at radius 1 is 1.39 bits per heavy atom. The first-order valence-electron chi connectivity index (χ1n) is 6.03. The average Bonchev–Trinajstić information content (AvgIpc) is 2.38. The molecule has 0 atom stereocenters. The standard InChI is InChI=1S/C14H20BrNO2/c1-4-6-16-10-11-8-13(17-3)14(9-12(11)15)18-7-5-2/h4,8-9,16H,1,5-7,10H2,2-3H3. The van der Waals surface area contributed by atoms with Crippen molar-refractivity contribution in [1.29, 1.82) is 0 Å². The van der Waals surface area contributed by atoms with Gasteiger partial charge >= 0.3 is 0 Å². The minimum Gasteiger partial charge on any atom is -0.493 e. The molecule has 3 nitrogen and oxygen atoms in total. The quantitative estimate of drug-likeness (QED) is 0.588. The molecule has 0 aliphatic carbocycles. The monoisotopic (exact) mass is 313 g/mol. The molecular weight excluding hydrogens is 294 g/mol. The van der Waals surface area contributed by atoms with E-state index in [0.717, 1.165) is 41.0 Å². The van der Waals surface area contributed by atoms with E-state index in [1.54, 1.807) is 7.11 Å². The van der Waals surface area contributed by atoms with E-state index in [1.807, 2.05) is 18.2 Å². The van der Waals surface area contributed by atoms with E-state index in [9.17, 15) is 0 Å². The van der Waals surface area contributed by atoms with Crippen molar-refractivity contribution in [3.63, 3.8) is 0 Å². The maximum Gasteiger partial charge on any atom is 0.162 e. The highest BCUT2D eigenvalue weighted by atomic mass is 79.9. The van der Waals surface area contributed by atoms with Crippen LogP contribution in [0.1, 0.15) is 18.9 Å². The molecule has 0 saturated heterocycles. The Bertz CT molecular complexity index is 394. The highest BCUT2D eigenvalue weighted by Crippen LogP contribution is 2.33. The number of halogens is 1. The molecule has 0 aliphatic rings. The Labute approximate surface area is 117 Å². The zero-order valence-electron chi connectivity index (χ0n) is 11.0. The molecule has 0 spiro atoms. The number of nitrogens with one attached hydrogen (secondary N) is 1. The second-order valence-electron chi connectivity index (χ2n) is 3.86. The fourth-order valence-electron chi connectivity index (χ4n) is 1.51. The molecule has 1 aromatic carbocycles. The molecule has 0 amide bonds. The normalized spacial score (nSPS) is 10.2. The SMILES string of the molecule is C=CCNCc1cc(OC)c(OCCC)cc1Br. The van der Waals surface area contributed by atoms with Gasteiger partial charge in [0.15, 0.2) is 11.5 Å². The highest BCUT2D eigenvalue weighted by molar-refractivity contribution is 9.10. The van der Waals surface area contributed by atoms with E-state index in [0.29, 0.717) is 6.61 Å². The molecule has 0 saturated carbocycles. The fourth-order valence-corrected chi connectivity index (χ4v) is 1.97. The van der Waals surface area contributed by atoms with Gasteiger partial charge in [-0.3, -0.25) is 0 Å². The molecular formula is C14H20BrNO2. The van der Waals surface area contributed by atoms with Gasteiger partial charge in [0.25, 0.3) is 0 Å². The third-order valence-corrected chi connectivity index (χ3v) is 3.14. The number of benzene rings is 1. The minimum atomic E-state index is 0.691. The smallest absolute Gasteiger partial charge is 0.162 e. The van der Waals surface area contributed by atoms with Gasteiger partial charge in [-0.05, 0) is 24.1 Å². The molecule has 0 radical (unpaired) electrons. The van der Waals surface area contributed by atoms with Gasteiger partial charge in [0.1, 0.15) is 0 Å². The van der Waals surface area contributed by atoms with Crippen LogP contribution in [0.25, 0.3) is 0 Å². The molecule has 18 heavy (non-hydrogen) atoms. The summed E-state index contributed by atoms with van der Waals surface area (Å²) >= 11 is 3.55. The van der Waals surface area contributed by atoms with Gasteiger partial charge in [-0.2, -0.15) is 0 Å². The largest absolute Gasteiger partial charge is 0.493 e. The first-order chi connectivity index (χ1) is 8.72. The zero-order valence-corrected chi connectivity index (χ0v) is 12.5. The number of rotatable bonds is 8. The van der Waals surface area contributed by atoms with Gasteiger partial charge in [-0.25, -0.2) is 0 Å². The van der Waals surface area contributed by atoms with Crippen molar-refractivity contribution >= 4 is 15.9 Å². The van der Waals surface area contributed by atoms with Crippen molar-refractivity contribution in [1.82, 2.24) is 5.32 Å². The second kappa shape index (κ2) is 8.16. The van der Waals surface area contributed by atoms with Gasteiger partial charge in [0.05, 0.1) is 13.7 Å². The first-order valence-corrected chi connectivity index (χ1v) is 6.83. The molecule has 4 heteroatoms. The lowest BCUT2D eigenvalue weighted by atomic mass is 10.2. The Morgan fingerprint density at radius 3 is 2.78 bits per heavy atom. The maximum atomic E-state index is 5.65. The summed E-state index contributed by atoms with van der Waals surface area (Å²) in [5.74, 6) is 1.54. The van der Waals surface area contributed by atoms with Gasteiger partial charge in [-0.15, -0.1) is 6.58 Å². The van der Waals surface area contributed by atoms with E-state index >= 15 is 0 Å². The molecule has 1 aromatic rings. The summed E-state index contributed by atoms with van der Waals surface area (Å²) in [6.07, 6.45) is 2.81. The number of hydrogen-bond acceptors (Lipinski definition) is 3.